The van der Waals surface area contributed by atoms with Crippen molar-refractivity contribution in [3.05, 3.63) is 29.3 Å². The standard InChI is InChI=1S/C15H15ClN6O/c16-10-5-4-6-11(9-10)17-14-15(22-7-2-1-3-8-22)19-13-12(18-14)20-23-21-13/h4-6,9H,1-3,7-8H2,(H,17,18,20). The minimum atomic E-state index is 0.385. The summed E-state index contributed by atoms with van der Waals surface area (Å²) in [5.41, 5.74) is 1.65. The molecule has 7 nitrogen and oxygen atoms in total. The van der Waals surface area contributed by atoms with Gasteiger partial charge in [-0.2, -0.15) is 0 Å². The number of fused-ring (bicyclic) bond motifs is 1. The lowest BCUT2D eigenvalue weighted by Crippen LogP contribution is -2.31. The highest BCUT2D eigenvalue weighted by molar-refractivity contribution is 6.30. The van der Waals surface area contributed by atoms with E-state index in [9.17, 15) is 0 Å². The van der Waals surface area contributed by atoms with Gasteiger partial charge in [0.15, 0.2) is 11.6 Å². The van der Waals surface area contributed by atoms with E-state index in [-0.39, 0.29) is 0 Å². The SMILES string of the molecule is Clc1cccc(Nc2nc3nonc3nc2N2CCCCC2)c1. The van der Waals surface area contributed by atoms with Crippen molar-refractivity contribution in [3.63, 3.8) is 0 Å². The Morgan fingerprint density at radius 2 is 1.83 bits per heavy atom. The highest BCUT2D eigenvalue weighted by atomic mass is 35.5. The lowest BCUT2D eigenvalue weighted by Gasteiger charge is -2.28. The molecule has 23 heavy (non-hydrogen) atoms. The molecule has 3 heterocycles. The Morgan fingerprint density at radius 1 is 1.04 bits per heavy atom. The topological polar surface area (TPSA) is 80.0 Å². The fourth-order valence-corrected chi connectivity index (χ4v) is 2.93. The largest absolute Gasteiger partial charge is 0.353 e. The number of hydrogen-bond donors (Lipinski definition) is 1. The van der Waals surface area contributed by atoms with E-state index in [0.29, 0.717) is 22.1 Å². The maximum absolute atomic E-state index is 6.05. The zero-order valence-corrected chi connectivity index (χ0v) is 13.1. The number of hydrogen-bond acceptors (Lipinski definition) is 7. The van der Waals surface area contributed by atoms with E-state index in [1.807, 2.05) is 24.3 Å². The Labute approximate surface area is 137 Å². The Kier molecular flexibility index (Phi) is 3.70. The van der Waals surface area contributed by atoms with Crippen LogP contribution in [-0.4, -0.2) is 33.4 Å². The van der Waals surface area contributed by atoms with Gasteiger partial charge in [-0.15, -0.1) is 0 Å². The minimum absolute atomic E-state index is 0.385. The van der Waals surface area contributed by atoms with Crippen molar-refractivity contribution >= 4 is 40.2 Å². The van der Waals surface area contributed by atoms with Gasteiger partial charge >= 0.3 is 0 Å². The summed E-state index contributed by atoms with van der Waals surface area (Å²) in [5, 5.41) is 11.5. The molecule has 0 amide bonds. The second-order valence-corrected chi connectivity index (χ2v) is 5.93. The molecule has 8 heteroatoms. The number of piperidine rings is 1. The predicted molar refractivity (Wildman–Crippen MR) is 88.2 cm³/mol. The second-order valence-electron chi connectivity index (χ2n) is 5.49. The van der Waals surface area contributed by atoms with Crippen LogP contribution in [0.4, 0.5) is 17.3 Å². The average molecular weight is 331 g/mol. The summed E-state index contributed by atoms with van der Waals surface area (Å²) in [6.45, 7) is 1.91. The molecular weight excluding hydrogens is 316 g/mol. The fraction of sp³-hybridized carbons (Fsp3) is 0.333. The summed E-state index contributed by atoms with van der Waals surface area (Å²) >= 11 is 6.05. The van der Waals surface area contributed by atoms with Crippen LogP contribution in [0.15, 0.2) is 28.9 Å². The van der Waals surface area contributed by atoms with E-state index >= 15 is 0 Å². The van der Waals surface area contributed by atoms with Gasteiger partial charge in [0.2, 0.25) is 11.3 Å². The number of rotatable bonds is 3. The van der Waals surface area contributed by atoms with Gasteiger partial charge in [-0.1, -0.05) is 17.7 Å². The highest BCUT2D eigenvalue weighted by Gasteiger charge is 2.20. The number of benzene rings is 1. The summed E-state index contributed by atoms with van der Waals surface area (Å²) < 4.78 is 4.74. The zero-order chi connectivity index (χ0) is 15.6. The van der Waals surface area contributed by atoms with Gasteiger partial charge < -0.3 is 10.2 Å². The Bertz CT molecular complexity index is 830. The normalized spacial score (nSPS) is 15.1. The van der Waals surface area contributed by atoms with Crippen LogP contribution < -0.4 is 10.2 Å². The van der Waals surface area contributed by atoms with E-state index in [2.05, 4.69) is 30.5 Å². The van der Waals surface area contributed by atoms with Gasteiger partial charge in [0.1, 0.15) is 0 Å². The zero-order valence-electron chi connectivity index (χ0n) is 12.4. The Balaban J connectivity index is 1.75. The summed E-state index contributed by atoms with van der Waals surface area (Å²) in [6.07, 6.45) is 3.54. The molecule has 4 rings (SSSR count). The van der Waals surface area contributed by atoms with Crippen molar-refractivity contribution < 1.29 is 4.63 Å². The fourth-order valence-electron chi connectivity index (χ4n) is 2.74. The third kappa shape index (κ3) is 2.92. The summed E-state index contributed by atoms with van der Waals surface area (Å²) in [7, 11) is 0. The van der Waals surface area contributed by atoms with Gasteiger partial charge in [-0.3, -0.25) is 0 Å². The molecule has 0 radical (unpaired) electrons. The smallest absolute Gasteiger partial charge is 0.245 e. The second kappa shape index (κ2) is 6.00. The molecular formula is C15H15ClN6O. The number of nitrogens with zero attached hydrogens (tertiary/aromatic N) is 5. The molecule has 0 unspecified atom stereocenters. The quantitative estimate of drug-likeness (QED) is 0.788. The summed E-state index contributed by atoms with van der Waals surface area (Å²) in [6, 6.07) is 7.48. The molecule has 1 aliphatic rings. The van der Waals surface area contributed by atoms with Gasteiger partial charge in [0, 0.05) is 23.8 Å². The number of anilines is 3. The lowest BCUT2D eigenvalue weighted by atomic mass is 10.1. The van der Waals surface area contributed by atoms with Crippen LogP contribution in [-0.2, 0) is 0 Å². The van der Waals surface area contributed by atoms with E-state index in [1.54, 1.807) is 0 Å². The van der Waals surface area contributed by atoms with Crippen LogP contribution in [0.2, 0.25) is 5.02 Å². The average Bonchev–Trinajstić information content (AvgIpc) is 3.02. The molecule has 1 aromatic carbocycles. The van der Waals surface area contributed by atoms with Gasteiger partial charge in [-0.25, -0.2) is 14.6 Å². The first-order valence-electron chi connectivity index (χ1n) is 7.57. The first-order valence-corrected chi connectivity index (χ1v) is 7.95. The van der Waals surface area contributed by atoms with E-state index < -0.39 is 0 Å². The highest BCUT2D eigenvalue weighted by Crippen LogP contribution is 2.29. The van der Waals surface area contributed by atoms with Crippen molar-refractivity contribution in [2.24, 2.45) is 0 Å². The van der Waals surface area contributed by atoms with Crippen LogP contribution >= 0.6 is 11.6 Å². The summed E-state index contributed by atoms with van der Waals surface area (Å²) in [5.74, 6) is 1.41. The maximum atomic E-state index is 6.05. The molecule has 118 valence electrons. The number of nitrogens with one attached hydrogen (secondary N) is 1. The molecule has 1 N–H and O–H groups in total. The Morgan fingerprint density at radius 3 is 2.61 bits per heavy atom. The van der Waals surface area contributed by atoms with Crippen LogP contribution in [0.5, 0.6) is 0 Å². The monoisotopic (exact) mass is 330 g/mol. The molecule has 1 fully saturated rings. The minimum Gasteiger partial charge on any atom is -0.353 e. The predicted octanol–water partition coefficient (Wildman–Crippen LogP) is 3.40. The maximum Gasteiger partial charge on any atom is 0.245 e. The van der Waals surface area contributed by atoms with Gasteiger partial charge in [0.25, 0.3) is 0 Å². The van der Waals surface area contributed by atoms with Crippen molar-refractivity contribution in [1.82, 2.24) is 20.3 Å². The molecule has 0 saturated carbocycles. The number of aromatic nitrogens is 4. The first-order chi connectivity index (χ1) is 11.3. The molecule has 0 aliphatic carbocycles. The Hall–Kier alpha value is -2.41. The molecule has 1 aliphatic heterocycles. The van der Waals surface area contributed by atoms with Gasteiger partial charge in [-0.05, 0) is 47.8 Å². The van der Waals surface area contributed by atoms with Crippen LogP contribution in [0.3, 0.4) is 0 Å². The van der Waals surface area contributed by atoms with Crippen molar-refractivity contribution in [1.29, 1.82) is 0 Å². The lowest BCUT2D eigenvalue weighted by molar-refractivity contribution is 0.314. The van der Waals surface area contributed by atoms with Crippen molar-refractivity contribution in [2.75, 3.05) is 23.3 Å². The number of halogens is 1. The molecule has 0 atom stereocenters. The van der Waals surface area contributed by atoms with Gasteiger partial charge in [0.05, 0.1) is 0 Å². The van der Waals surface area contributed by atoms with Crippen molar-refractivity contribution in [3.8, 4) is 0 Å². The third-order valence-corrected chi connectivity index (χ3v) is 4.07. The molecule has 0 spiro atoms. The molecule has 1 saturated heterocycles. The summed E-state index contributed by atoms with van der Waals surface area (Å²) in [4.78, 5) is 11.3. The molecule has 0 bridgehead atoms. The molecule has 3 aromatic rings. The van der Waals surface area contributed by atoms with Crippen molar-refractivity contribution in [2.45, 2.75) is 19.3 Å². The third-order valence-electron chi connectivity index (χ3n) is 3.84. The van der Waals surface area contributed by atoms with E-state index in [0.717, 1.165) is 37.4 Å². The van der Waals surface area contributed by atoms with Crippen LogP contribution in [0.25, 0.3) is 11.3 Å². The first kappa shape index (κ1) is 14.2. The van der Waals surface area contributed by atoms with E-state index in [4.69, 9.17) is 16.2 Å². The van der Waals surface area contributed by atoms with Crippen LogP contribution in [0, 0.1) is 0 Å². The molecule has 2 aromatic heterocycles. The van der Waals surface area contributed by atoms with E-state index in [1.165, 1.54) is 6.42 Å². The van der Waals surface area contributed by atoms with Crippen LogP contribution in [0.1, 0.15) is 19.3 Å².